The molecule has 2 N–H and O–H groups in total. The maximum Gasteiger partial charge on any atom is 0.318 e. The van der Waals surface area contributed by atoms with Gasteiger partial charge in [-0.05, 0) is 62.1 Å². The van der Waals surface area contributed by atoms with Crippen molar-refractivity contribution in [3.05, 3.63) is 59.4 Å². The molecule has 2 fully saturated rings. The predicted octanol–water partition coefficient (Wildman–Crippen LogP) is 4.19. The summed E-state index contributed by atoms with van der Waals surface area (Å²) < 4.78 is 20.5. The van der Waals surface area contributed by atoms with E-state index in [-0.39, 0.29) is 42.4 Å². The quantitative estimate of drug-likeness (QED) is 0.768. The minimum absolute atomic E-state index is 0.00925. The lowest BCUT2D eigenvalue weighted by atomic mass is 10.0. The second-order valence-electron chi connectivity index (χ2n) is 8.55. The van der Waals surface area contributed by atoms with Crippen LogP contribution in [-0.2, 0) is 11.3 Å². The second kappa shape index (κ2) is 9.14. The zero-order valence-corrected chi connectivity index (χ0v) is 18.1. The molecule has 2 aromatic carbocycles. The average molecular weight is 428 g/mol. The van der Waals surface area contributed by atoms with Gasteiger partial charge in [0.05, 0.1) is 23.9 Å². The highest BCUT2D eigenvalue weighted by Crippen LogP contribution is 2.32. The molecule has 0 aliphatic carbocycles. The molecule has 0 spiro atoms. The third kappa shape index (κ3) is 4.93. The van der Waals surface area contributed by atoms with Crippen molar-refractivity contribution in [2.75, 3.05) is 24.5 Å². The maximum atomic E-state index is 14.8. The lowest BCUT2D eigenvalue weighted by Crippen LogP contribution is -2.45. The van der Waals surface area contributed by atoms with Gasteiger partial charge in [-0.3, -0.25) is 0 Å². The number of hydrogen-bond acceptors (Lipinski definition) is 4. The molecule has 0 radical (unpaired) electrons. The fourth-order valence-corrected chi connectivity index (χ4v) is 4.62. The summed E-state index contributed by atoms with van der Waals surface area (Å²) in [6, 6.07) is 12.0. The van der Waals surface area contributed by atoms with Crippen LogP contribution < -0.4 is 10.2 Å². The highest BCUT2D eigenvalue weighted by atomic mass is 19.1. The first-order valence-corrected chi connectivity index (χ1v) is 10.9. The number of carbonyl (C=O) groups excluding carboxylic acids is 1. The average Bonchev–Trinajstić information content (AvgIpc) is 3.22. The molecular weight excluding hydrogens is 397 g/mol. The highest BCUT2D eigenvalue weighted by Gasteiger charge is 2.30. The van der Waals surface area contributed by atoms with E-state index in [1.54, 1.807) is 18.2 Å². The van der Waals surface area contributed by atoms with Gasteiger partial charge in [-0.2, -0.15) is 0 Å². The number of phenols is 1. The second-order valence-corrected chi connectivity index (χ2v) is 8.55. The SMILES string of the molecule is C[C@@H]1CN(c2ccc(CNC(=O)N3CCC[C@H]3c3ccc(O)cc3)cc2F)C[C@@H](C)O1. The molecule has 2 amide bonds. The number of anilines is 1. The van der Waals surface area contributed by atoms with Crippen LogP contribution >= 0.6 is 0 Å². The van der Waals surface area contributed by atoms with Crippen molar-refractivity contribution in [1.29, 1.82) is 0 Å². The summed E-state index contributed by atoms with van der Waals surface area (Å²) in [5, 5.41) is 12.4. The molecule has 0 unspecified atom stereocenters. The minimum Gasteiger partial charge on any atom is -0.508 e. The number of carbonyl (C=O) groups is 1. The van der Waals surface area contributed by atoms with Gasteiger partial charge in [0.2, 0.25) is 0 Å². The third-order valence-electron chi connectivity index (χ3n) is 6.01. The van der Waals surface area contributed by atoms with Crippen molar-refractivity contribution in [2.45, 2.75) is 51.5 Å². The van der Waals surface area contributed by atoms with E-state index in [0.29, 0.717) is 25.3 Å². The van der Waals surface area contributed by atoms with E-state index in [1.807, 2.05) is 41.8 Å². The molecule has 31 heavy (non-hydrogen) atoms. The smallest absolute Gasteiger partial charge is 0.318 e. The molecule has 2 heterocycles. The number of ether oxygens (including phenoxy) is 1. The topological polar surface area (TPSA) is 65.0 Å². The van der Waals surface area contributed by atoms with Gasteiger partial charge >= 0.3 is 6.03 Å². The molecule has 0 aromatic heterocycles. The van der Waals surface area contributed by atoms with Gasteiger partial charge in [-0.1, -0.05) is 18.2 Å². The van der Waals surface area contributed by atoms with Gasteiger partial charge < -0.3 is 25.0 Å². The first-order valence-electron chi connectivity index (χ1n) is 10.9. The van der Waals surface area contributed by atoms with E-state index < -0.39 is 0 Å². The summed E-state index contributed by atoms with van der Waals surface area (Å²) >= 11 is 0. The van der Waals surface area contributed by atoms with Gasteiger partial charge in [0.15, 0.2) is 0 Å². The summed E-state index contributed by atoms with van der Waals surface area (Å²) in [6.07, 6.45) is 1.93. The monoisotopic (exact) mass is 427 g/mol. The molecule has 2 aliphatic heterocycles. The van der Waals surface area contributed by atoms with Crippen LogP contribution in [0.2, 0.25) is 0 Å². The fraction of sp³-hybridized carbons (Fsp3) is 0.458. The largest absolute Gasteiger partial charge is 0.508 e. The van der Waals surface area contributed by atoms with Gasteiger partial charge in [-0.25, -0.2) is 9.18 Å². The summed E-state index contributed by atoms with van der Waals surface area (Å²) in [5.74, 6) is -0.0691. The normalized spacial score (nSPS) is 23.8. The van der Waals surface area contributed by atoms with Gasteiger partial charge in [0.25, 0.3) is 0 Å². The zero-order valence-electron chi connectivity index (χ0n) is 18.1. The number of morpholine rings is 1. The van der Waals surface area contributed by atoms with Crippen molar-refractivity contribution in [2.24, 2.45) is 0 Å². The fourth-order valence-electron chi connectivity index (χ4n) is 4.62. The number of amides is 2. The Kier molecular flexibility index (Phi) is 6.32. The number of nitrogens with zero attached hydrogens (tertiary/aromatic N) is 2. The van der Waals surface area contributed by atoms with Crippen molar-refractivity contribution in [3.63, 3.8) is 0 Å². The minimum atomic E-state index is -0.281. The molecule has 4 rings (SSSR count). The standard InChI is InChI=1S/C24H30FN3O3/c1-16-14-27(15-17(2)31-16)23-10-5-18(12-21(23)25)13-26-24(30)28-11-3-4-22(28)19-6-8-20(29)9-7-19/h5-10,12,16-17,22,29H,3-4,11,13-15H2,1-2H3,(H,26,30)/t16-,17-,22+/m1/s1. The van der Waals surface area contributed by atoms with E-state index in [2.05, 4.69) is 5.32 Å². The molecule has 0 bridgehead atoms. The van der Waals surface area contributed by atoms with Gasteiger partial charge in [-0.15, -0.1) is 0 Å². The van der Waals surface area contributed by atoms with E-state index in [1.165, 1.54) is 6.07 Å². The number of likely N-dealkylation sites (tertiary alicyclic amines) is 1. The summed E-state index contributed by atoms with van der Waals surface area (Å²) in [4.78, 5) is 16.6. The van der Waals surface area contributed by atoms with E-state index >= 15 is 0 Å². The molecular formula is C24H30FN3O3. The molecule has 2 aliphatic rings. The first kappa shape index (κ1) is 21.4. The number of aromatic hydroxyl groups is 1. The number of urea groups is 1. The molecule has 3 atom stereocenters. The van der Waals surface area contributed by atoms with Crippen LogP contribution in [0.4, 0.5) is 14.9 Å². The number of benzene rings is 2. The van der Waals surface area contributed by atoms with Crippen molar-refractivity contribution in [3.8, 4) is 5.75 Å². The zero-order chi connectivity index (χ0) is 22.0. The Morgan fingerprint density at radius 3 is 2.55 bits per heavy atom. The van der Waals surface area contributed by atoms with E-state index in [4.69, 9.17) is 4.74 Å². The molecule has 6 nitrogen and oxygen atoms in total. The number of halogens is 1. The highest BCUT2D eigenvalue weighted by molar-refractivity contribution is 5.75. The van der Waals surface area contributed by atoms with Crippen LogP contribution in [0.15, 0.2) is 42.5 Å². The molecule has 166 valence electrons. The lowest BCUT2D eigenvalue weighted by molar-refractivity contribution is -0.00539. The van der Waals surface area contributed by atoms with Crippen molar-refractivity contribution >= 4 is 11.7 Å². The molecule has 2 aromatic rings. The number of hydrogen-bond donors (Lipinski definition) is 2. The van der Waals surface area contributed by atoms with Crippen molar-refractivity contribution in [1.82, 2.24) is 10.2 Å². The maximum absolute atomic E-state index is 14.8. The van der Waals surface area contributed by atoms with Crippen LogP contribution in [0.1, 0.15) is 43.9 Å². The Labute approximate surface area is 182 Å². The molecule has 7 heteroatoms. The summed E-state index contributed by atoms with van der Waals surface area (Å²) in [6.45, 7) is 6.25. The Bertz CT molecular complexity index is 911. The first-order chi connectivity index (χ1) is 14.9. The molecule has 2 saturated heterocycles. The van der Waals surface area contributed by atoms with Gasteiger partial charge in [0, 0.05) is 26.2 Å². The van der Waals surface area contributed by atoms with E-state index in [9.17, 15) is 14.3 Å². The molecule has 0 saturated carbocycles. The Morgan fingerprint density at radius 2 is 1.87 bits per heavy atom. The number of nitrogens with one attached hydrogen (secondary N) is 1. The van der Waals surface area contributed by atoms with Crippen LogP contribution in [-0.4, -0.2) is 47.9 Å². The number of rotatable bonds is 4. The van der Waals surface area contributed by atoms with Crippen LogP contribution in [0.25, 0.3) is 0 Å². The lowest BCUT2D eigenvalue weighted by Gasteiger charge is -2.37. The van der Waals surface area contributed by atoms with Crippen molar-refractivity contribution < 1.29 is 19.0 Å². The number of phenolic OH excluding ortho intramolecular Hbond substituents is 1. The van der Waals surface area contributed by atoms with Crippen LogP contribution in [0, 0.1) is 5.82 Å². The van der Waals surface area contributed by atoms with E-state index in [0.717, 1.165) is 24.0 Å². The van der Waals surface area contributed by atoms with Crippen LogP contribution in [0.3, 0.4) is 0 Å². The Morgan fingerprint density at radius 1 is 1.16 bits per heavy atom. The Hall–Kier alpha value is -2.80. The van der Waals surface area contributed by atoms with Gasteiger partial charge in [0.1, 0.15) is 11.6 Å². The summed E-state index contributed by atoms with van der Waals surface area (Å²) in [5.41, 5.74) is 2.31. The predicted molar refractivity (Wildman–Crippen MR) is 118 cm³/mol. The summed E-state index contributed by atoms with van der Waals surface area (Å²) in [7, 11) is 0. The third-order valence-corrected chi connectivity index (χ3v) is 6.01. The van der Waals surface area contributed by atoms with Crippen LogP contribution in [0.5, 0.6) is 5.75 Å². The Balaban J connectivity index is 1.38.